The Morgan fingerprint density at radius 2 is 1.85 bits per heavy atom. The number of amides is 2. The van der Waals surface area contributed by atoms with E-state index in [0.29, 0.717) is 18.8 Å². The van der Waals surface area contributed by atoms with Gasteiger partial charge < -0.3 is 24.8 Å². The Hall–Kier alpha value is -4.54. The number of halogens is 3. The van der Waals surface area contributed by atoms with E-state index in [1.165, 1.54) is 12.1 Å². The fourth-order valence-electron chi connectivity index (χ4n) is 6.22. The number of hydrogen-bond donors (Lipinski definition) is 2. The van der Waals surface area contributed by atoms with Crippen molar-refractivity contribution >= 4 is 17.6 Å². The molecule has 2 aliphatic heterocycles. The van der Waals surface area contributed by atoms with Crippen molar-refractivity contribution in [3.05, 3.63) is 80.6 Å². The first-order valence-electron chi connectivity index (χ1n) is 15.9. The lowest BCUT2D eigenvalue weighted by Gasteiger charge is -2.39. The summed E-state index contributed by atoms with van der Waals surface area (Å²) in [6, 6.07) is 8.56. The predicted octanol–water partition coefficient (Wildman–Crippen LogP) is 4.75. The average molecular weight is 647 g/mol. The first-order valence-corrected chi connectivity index (χ1v) is 15.9. The highest BCUT2D eigenvalue weighted by atomic mass is 19.3. The van der Waals surface area contributed by atoms with Gasteiger partial charge in [-0.15, -0.1) is 0 Å². The van der Waals surface area contributed by atoms with Crippen LogP contribution in [0.1, 0.15) is 88.0 Å². The van der Waals surface area contributed by atoms with Crippen molar-refractivity contribution < 1.29 is 27.5 Å². The van der Waals surface area contributed by atoms with Crippen LogP contribution in [0.2, 0.25) is 0 Å². The van der Waals surface area contributed by atoms with Gasteiger partial charge in [-0.25, -0.2) is 18.2 Å². The van der Waals surface area contributed by atoms with Gasteiger partial charge in [-0.05, 0) is 80.0 Å². The summed E-state index contributed by atoms with van der Waals surface area (Å²) in [5.74, 6) is -5.35. The van der Waals surface area contributed by atoms with E-state index in [-0.39, 0.29) is 51.7 Å². The number of aromatic nitrogens is 2. The van der Waals surface area contributed by atoms with Gasteiger partial charge in [0.1, 0.15) is 17.2 Å². The van der Waals surface area contributed by atoms with Crippen LogP contribution in [0.15, 0.2) is 41.3 Å². The highest BCUT2D eigenvalue weighted by Crippen LogP contribution is 2.42. The molecule has 47 heavy (non-hydrogen) atoms. The summed E-state index contributed by atoms with van der Waals surface area (Å²) in [6.07, 6.45) is 7.24. The highest BCUT2D eigenvalue weighted by Gasteiger charge is 2.47. The highest BCUT2D eigenvalue weighted by molar-refractivity contribution is 6.05. The van der Waals surface area contributed by atoms with Crippen LogP contribution < -0.4 is 16.2 Å². The number of nitrogens with zero attached hydrogens (tertiary/aromatic N) is 4. The molecule has 2 aromatic heterocycles. The molecular formula is C34H33F3N6O4. The second kappa shape index (κ2) is 12.2. The number of likely N-dealkylation sites (tertiary alicyclic amines) is 1. The molecule has 0 bridgehead atoms. The zero-order valence-corrected chi connectivity index (χ0v) is 25.5. The second-order valence-corrected chi connectivity index (χ2v) is 12.9. The van der Waals surface area contributed by atoms with E-state index in [1.54, 1.807) is 22.9 Å². The molecule has 7 rings (SSSR count). The minimum atomic E-state index is -3.04. The lowest BCUT2D eigenvalue weighted by Crippen LogP contribution is -2.58. The molecule has 2 aliphatic carbocycles. The molecule has 2 N–H and O–H groups in total. The van der Waals surface area contributed by atoms with E-state index in [2.05, 4.69) is 15.6 Å². The summed E-state index contributed by atoms with van der Waals surface area (Å²) in [4.78, 5) is 45.9. The van der Waals surface area contributed by atoms with Crippen LogP contribution in [0, 0.1) is 17.1 Å². The molecule has 0 spiro atoms. The van der Waals surface area contributed by atoms with Crippen molar-refractivity contribution in [2.75, 3.05) is 31.6 Å². The molecule has 4 fully saturated rings. The number of alkyl halides is 2. The van der Waals surface area contributed by atoms with Gasteiger partial charge in [-0.2, -0.15) is 5.26 Å². The SMILES string of the molecule is N#Cc1cc(F)c(-c2cc(NC(=O)c3cc(CNC[C@@H]4CCCO4)cn(C4CC4)c3=O)nc(C3CC3)c2)c(C(=O)N2CC(F)(F)C2)c1. The molecule has 0 unspecified atom stereocenters. The quantitative estimate of drug-likeness (QED) is 0.326. The van der Waals surface area contributed by atoms with Crippen LogP contribution in [0.25, 0.3) is 11.1 Å². The van der Waals surface area contributed by atoms with Crippen molar-refractivity contribution in [1.29, 1.82) is 5.26 Å². The Morgan fingerprint density at radius 3 is 2.51 bits per heavy atom. The molecule has 0 radical (unpaired) electrons. The van der Waals surface area contributed by atoms with Crippen LogP contribution in [-0.4, -0.2) is 64.5 Å². The Kier molecular flexibility index (Phi) is 8.09. The van der Waals surface area contributed by atoms with Crippen LogP contribution >= 0.6 is 0 Å². The maximum Gasteiger partial charge on any atom is 0.282 e. The molecular weight excluding hydrogens is 613 g/mol. The third-order valence-corrected chi connectivity index (χ3v) is 8.96. The lowest BCUT2D eigenvalue weighted by molar-refractivity contribution is -0.113. The maximum atomic E-state index is 15.7. The minimum Gasteiger partial charge on any atom is -0.377 e. The summed E-state index contributed by atoms with van der Waals surface area (Å²) < 4.78 is 50.2. The number of benzene rings is 1. The van der Waals surface area contributed by atoms with Crippen molar-refractivity contribution in [3.8, 4) is 17.2 Å². The first kappa shape index (κ1) is 31.1. The number of carbonyl (C=O) groups excluding carboxylic acids is 2. The van der Waals surface area contributed by atoms with E-state index in [1.807, 2.05) is 6.07 Å². The van der Waals surface area contributed by atoms with Gasteiger partial charge in [0.15, 0.2) is 0 Å². The summed E-state index contributed by atoms with van der Waals surface area (Å²) in [5, 5.41) is 15.5. The fourth-order valence-corrected chi connectivity index (χ4v) is 6.22. The maximum absolute atomic E-state index is 15.7. The van der Waals surface area contributed by atoms with Crippen LogP contribution in [0.3, 0.4) is 0 Å². The minimum absolute atomic E-state index is 0.0248. The van der Waals surface area contributed by atoms with E-state index < -0.39 is 42.2 Å². The molecule has 2 saturated heterocycles. The Balaban J connectivity index is 1.21. The molecule has 10 nitrogen and oxygen atoms in total. The zero-order valence-electron chi connectivity index (χ0n) is 25.5. The molecule has 3 aromatic rings. The Bertz CT molecular complexity index is 1850. The van der Waals surface area contributed by atoms with Gasteiger partial charge in [0.05, 0.1) is 36.4 Å². The molecule has 13 heteroatoms. The van der Waals surface area contributed by atoms with Crippen molar-refractivity contribution in [1.82, 2.24) is 19.8 Å². The van der Waals surface area contributed by atoms with Crippen LogP contribution in [0.4, 0.5) is 19.0 Å². The molecule has 1 atom stereocenters. The second-order valence-electron chi connectivity index (χ2n) is 12.9. The molecule has 2 amide bonds. The van der Waals surface area contributed by atoms with Crippen LogP contribution in [0.5, 0.6) is 0 Å². The van der Waals surface area contributed by atoms with E-state index in [9.17, 15) is 28.4 Å². The smallest absolute Gasteiger partial charge is 0.282 e. The predicted molar refractivity (Wildman–Crippen MR) is 165 cm³/mol. The molecule has 244 valence electrons. The van der Waals surface area contributed by atoms with Gasteiger partial charge in [-0.3, -0.25) is 14.4 Å². The molecule has 1 aromatic carbocycles. The summed E-state index contributed by atoms with van der Waals surface area (Å²) >= 11 is 0. The van der Waals surface area contributed by atoms with Gasteiger partial charge in [0.25, 0.3) is 23.3 Å². The topological polar surface area (TPSA) is 129 Å². The van der Waals surface area contributed by atoms with E-state index in [0.717, 1.165) is 61.7 Å². The number of ether oxygens (including phenoxy) is 1. The number of anilines is 1. The molecule has 4 heterocycles. The number of rotatable bonds is 10. The van der Waals surface area contributed by atoms with Gasteiger partial charge in [0, 0.05) is 49.1 Å². The van der Waals surface area contributed by atoms with Gasteiger partial charge >= 0.3 is 0 Å². The third kappa shape index (κ3) is 6.66. The zero-order chi connectivity index (χ0) is 32.9. The summed E-state index contributed by atoms with van der Waals surface area (Å²) in [7, 11) is 0. The number of nitrogens with one attached hydrogen (secondary N) is 2. The normalized spacial score (nSPS) is 20.0. The fraction of sp³-hybridized carbons (Fsp3) is 0.441. The van der Waals surface area contributed by atoms with Crippen molar-refractivity contribution in [2.45, 2.75) is 69.1 Å². The largest absolute Gasteiger partial charge is 0.377 e. The number of carbonyl (C=O) groups is 2. The summed E-state index contributed by atoms with van der Waals surface area (Å²) in [6.45, 7) is 0.214. The standard InChI is InChI=1S/C34H33F3N6O4/c35-27-10-19(13-38)8-25(32(45)42-17-34(36,37)18-42)30(27)22-11-28(21-3-4-21)40-29(12-22)41-31(44)26-9-20(14-39-15-24-2-1-7-47-24)16-43(33(26)46)23-5-6-23/h8-12,16,21,23-24,39H,1-7,14-15,17-18H2,(H,40,41,44)/t24-/m0/s1. The Morgan fingerprint density at radius 1 is 1.06 bits per heavy atom. The first-order chi connectivity index (χ1) is 22.6. The van der Waals surface area contributed by atoms with Gasteiger partial charge in [0.2, 0.25) is 0 Å². The van der Waals surface area contributed by atoms with Gasteiger partial charge in [-0.1, -0.05) is 0 Å². The number of hydrogen-bond acceptors (Lipinski definition) is 7. The van der Waals surface area contributed by atoms with E-state index in [4.69, 9.17) is 4.74 Å². The monoisotopic (exact) mass is 646 g/mol. The average Bonchev–Trinajstić information content (AvgIpc) is 3.98. The van der Waals surface area contributed by atoms with Crippen LogP contribution in [-0.2, 0) is 11.3 Å². The third-order valence-electron chi connectivity index (χ3n) is 8.96. The number of nitriles is 1. The Labute approximate surface area is 268 Å². The number of pyridine rings is 2. The molecule has 4 aliphatic rings. The van der Waals surface area contributed by atoms with Crippen molar-refractivity contribution in [2.24, 2.45) is 0 Å². The molecule has 2 saturated carbocycles. The van der Waals surface area contributed by atoms with E-state index >= 15 is 4.39 Å². The summed E-state index contributed by atoms with van der Waals surface area (Å²) in [5.41, 5.74) is 0.465. The lowest BCUT2D eigenvalue weighted by atomic mass is 9.94. The van der Waals surface area contributed by atoms with Crippen molar-refractivity contribution in [3.63, 3.8) is 0 Å².